The van der Waals surface area contributed by atoms with Gasteiger partial charge in [0.05, 0.1) is 0 Å². The molecule has 1 atom stereocenters. The fraction of sp³-hybridized carbons (Fsp3) is 0.889. The second-order valence-corrected chi connectivity index (χ2v) is 4.83. The predicted molar refractivity (Wildman–Crippen MR) is 57.3 cm³/mol. The van der Waals surface area contributed by atoms with Gasteiger partial charge in [-0.2, -0.15) is 0 Å². The first-order chi connectivity index (χ1) is 6.99. The van der Waals surface area contributed by atoms with E-state index in [1.807, 2.05) is 0 Å². The highest BCUT2D eigenvalue weighted by Gasteiger charge is 2.24. The summed E-state index contributed by atoms with van der Waals surface area (Å²) in [7, 11) is 0. The van der Waals surface area contributed by atoms with Gasteiger partial charge in [-0.15, -0.1) is 0 Å². The second kappa shape index (κ2) is 5.45. The number of hydrogen-bond donors (Lipinski definition) is 1. The zero-order valence-electron chi connectivity index (χ0n) is 10.0. The van der Waals surface area contributed by atoms with Crippen molar-refractivity contribution in [3.63, 3.8) is 0 Å². The molecule has 0 aliphatic carbocycles. The number of ether oxygens (including phenoxy) is 1. The van der Waals surface area contributed by atoms with Gasteiger partial charge >= 0.3 is 13.1 Å². The summed E-state index contributed by atoms with van der Waals surface area (Å²) in [5.41, 5.74) is -0.641. The third kappa shape index (κ3) is 9.67. The molecule has 0 aliphatic heterocycles. The van der Waals surface area contributed by atoms with Crippen LogP contribution in [0.1, 0.15) is 34.1 Å². The Hall–Kier alpha value is -0.875. The normalized spacial score (nSPS) is 14.4. The summed E-state index contributed by atoms with van der Waals surface area (Å²) >= 11 is 0. The Balaban J connectivity index is 3.88. The molecule has 7 heteroatoms. The Labute approximate surface area is 93.8 Å². The maximum absolute atomic E-state index is 11.9. The Morgan fingerprint density at radius 3 is 2.25 bits per heavy atom. The van der Waals surface area contributed by atoms with Gasteiger partial charge in [0.2, 0.25) is 0 Å². The number of nitrogens with one attached hydrogen (secondary N) is 1. The lowest BCUT2D eigenvalue weighted by molar-refractivity contribution is 0.0507. The van der Waals surface area contributed by atoms with E-state index in [1.165, 1.54) is 6.92 Å². The van der Waals surface area contributed by atoms with E-state index in [2.05, 4.69) is 5.32 Å². The van der Waals surface area contributed by atoms with Crippen molar-refractivity contribution in [1.29, 1.82) is 0 Å². The minimum Gasteiger partial charge on any atom is -0.449 e. The SMILES string of the molecule is C[C@H](CC[B-](F)(F)F)NC(=O)OC(C)(C)C. The molecule has 0 aromatic heterocycles. The Morgan fingerprint density at radius 2 is 1.88 bits per heavy atom. The van der Waals surface area contributed by atoms with Gasteiger partial charge in [-0.05, 0) is 27.7 Å². The van der Waals surface area contributed by atoms with Crippen LogP contribution in [-0.2, 0) is 4.74 Å². The summed E-state index contributed by atoms with van der Waals surface area (Å²) in [5.74, 6) is 0. The van der Waals surface area contributed by atoms with Gasteiger partial charge in [0.1, 0.15) is 5.60 Å². The van der Waals surface area contributed by atoms with Crippen molar-refractivity contribution in [2.45, 2.75) is 52.1 Å². The highest BCUT2D eigenvalue weighted by atomic mass is 19.4. The van der Waals surface area contributed by atoms with Crippen LogP contribution < -0.4 is 5.32 Å². The monoisotopic (exact) mass is 240 g/mol. The van der Waals surface area contributed by atoms with Gasteiger partial charge in [-0.25, -0.2) is 4.79 Å². The van der Waals surface area contributed by atoms with Crippen LogP contribution >= 0.6 is 0 Å². The molecular weight excluding hydrogens is 222 g/mol. The Kier molecular flexibility index (Phi) is 5.15. The molecule has 1 amide bonds. The number of amides is 1. The van der Waals surface area contributed by atoms with Gasteiger partial charge in [-0.3, -0.25) is 0 Å². The van der Waals surface area contributed by atoms with Gasteiger partial charge in [-0.1, -0.05) is 12.7 Å². The molecule has 0 saturated heterocycles. The van der Waals surface area contributed by atoms with Crippen LogP contribution in [0.5, 0.6) is 0 Å². The van der Waals surface area contributed by atoms with Crippen LogP contribution in [0.25, 0.3) is 0 Å². The lowest BCUT2D eigenvalue weighted by Crippen LogP contribution is -2.38. The molecule has 16 heavy (non-hydrogen) atoms. The van der Waals surface area contributed by atoms with Crippen molar-refractivity contribution in [3.8, 4) is 0 Å². The maximum atomic E-state index is 11.9. The zero-order valence-corrected chi connectivity index (χ0v) is 10.0. The molecule has 1 N–H and O–H groups in total. The van der Waals surface area contributed by atoms with Crippen molar-refractivity contribution >= 4 is 13.1 Å². The van der Waals surface area contributed by atoms with E-state index >= 15 is 0 Å². The fourth-order valence-electron chi connectivity index (χ4n) is 1.02. The first-order valence-electron chi connectivity index (χ1n) is 5.20. The van der Waals surface area contributed by atoms with E-state index < -0.39 is 31.0 Å². The minimum atomic E-state index is -4.78. The molecule has 0 spiro atoms. The quantitative estimate of drug-likeness (QED) is 0.766. The molecule has 0 rings (SSSR count). The number of hydrogen-bond acceptors (Lipinski definition) is 2. The second-order valence-electron chi connectivity index (χ2n) is 4.83. The molecule has 0 bridgehead atoms. The molecule has 0 aliphatic rings. The van der Waals surface area contributed by atoms with Crippen LogP contribution in [0.2, 0.25) is 6.32 Å². The number of carbonyl (C=O) groups excluding carboxylic acids is 1. The molecule has 96 valence electrons. The summed E-state index contributed by atoms with van der Waals surface area (Å²) in [4.78, 5) is 11.2. The summed E-state index contributed by atoms with van der Waals surface area (Å²) in [6.45, 7) is 1.81. The van der Waals surface area contributed by atoms with E-state index in [9.17, 15) is 17.7 Å². The molecule has 3 nitrogen and oxygen atoms in total. The molecule has 0 unspecified atom stereocenters. The number of rotatable bonds is 4. The van der Waals surface area contributed by atoms with Crippen molar-refractivity contribution in [2.75, 3.05) is 0 Å². The molecule has 0 radical (unpaired) electrons. The molecule has 0 saturated carbocycles. The van der Waals surface area contributed by atoms with E-state index in [4.69, 9.17) is 4.74 Å². The van der Waals surface area contributed by atoms with Crippen molar-refractivity contribution < 1.29 is 22.5 Å². The smallest absolute Gasteiger partial charge is 0.449 e. The van der Waals surface area contributed by atoms with Gasteiger partial charge in [0, 0.05) is 6.04 Å². The lowest BCUT2D eigenvalue weighted by atomic mass is 9.83. The van der Waals surface area contributed by atoms with E-state index in [0.29, 0.717) is 0 Å². The Bertz CT molecular complexity index is 238. The summed E-state index contributed by atoms with van der Waals surface area (Å²) in [6, 6.07) is -0.543. The summed E-state index contributed by atoms with van der Waals surface area (Å²) < 4.78 is 40.7. The lowest BCUT2D eigenvalue weighted by Gasteiger charge is -2.23. The third-order valence-corrected chi connectivity index (χ3v) is 1.69. The van der Waals surface area contributed by atoms with Crippen LogP contribution in [-0.4, -0.2) is 24.7 Å². The highest BCUT2D eigenvalue weighted by molar-refractivity contribution is 6.58. The molecule has 0 aromatic rings. The highest BCUT2D eigenvalue weighted by Crippen LogP contribution is 2.18. The van der Waals surface area contributed by atoms with Crippen LogP contribution in [0.3, 0.4) is 0 Å². The average molecular weight is 240 g/mol. The molecule has 0 aromatic carbocycles. The Morgan fingerprint density at radius 1 is 1.38 bits per heavy atom. The van der Waals surface area contributed by atoms with Crippen LogP contribution in [0.4, 0.5) is 17.7 Å². The van der Waals surface area contributed by atoms with Crippen molar-refractivity contribution in [2.24, 2.45) is 0 Å². The molecule has 0 heterocycles. The van der Waals surface area contributed by atoms with E-state index in [1.54, 1.807) is 20.8 Å². The topological polar surface area (TPSA) is 38.3 Å². The first-order valence-corrected chi connectivity index (χ1v) is 5.20. The van der Waals surface area contributed by atoms with Crippen molar-refractivity contribution in [1.82, 2.24) is 5.32 Å². The van der Waals surface area contributed by atoms with Crippen molar-refractivity contribution in [3.05, 3.63) is 0 Å². The standard InChI is InChI=1S/C9H18BF3NO2/c1-7(5-6-10(11,12)13)14-8(15)16-9(2,3)4/h7H,5-6H2,1-4H3,(H,14,15)/q-1/t7-/m1/s1. The molecule has 0 fully saturated rings. The summed E-state index contributed by atoms with van der Waals surface area (Å²) in [6.07, 6.45) is -1.66. The number of halogens is 3. The number of carbonyl (C=O) groups is 1. The van der Waals surface area contributed by atoms with Crippen LogP contribution in [0.15, 0.2) is 0 Å². The minimum absolute atomic E-state index is 0.122. The third-order valence-electron chi connectivity index (χ3n) is 1.69. The first kappa shape index (κ1) is 15.1. The number of alkyl carbamates (subject to hydrolysis) is 1. The van der Waals surface area contributed by atoms with Gasteiger partial charge in [0.15, 0.2) is 0 Å². The zero-order chi connectivity index (χ0) is 13.0. The summed E-state index contributed by atoms with van der Waals surface area (Å²) in [5, 5.41) is 2.36. The van der Waals surface area contributed by atoms with Gasteiger partial charge in [0.25, 0.3) is 0 Å². The van der Waals surface area contributed by atoms with E-state index in [0.717, 1.165) is 0 Å². The fourth-order valence-corrected chi connectivity index (χ4v) is 1.02. The largest absolute Gasteiger partial charge is 0.478 e. The maximum Gasteiger partial charge on any atom is 0.478 e. The molecular formula is C9H18BF3NO2-. The predicted octanol–water partition coefficient (Wildman–Crippen LogP) is 3.14. The van der Waals surface area contributed by atoms with E-state index in [-0.39, 0.29) is 6.42 Å². The van der Waals surface area contributed by atoms with Gasteiger partial charge < -0.3 is 23.0 Å². The van der Waals surface area contributed by atoms with Crippen LogP contribution in [0, 0.1) is 0 Å². The average Bonchev–Trinajstić information content (AvgIpc) is 1.95.